The first-order valence-electron chi connectivity index (χ1n) is 8.37. The van der Waals surface area contributed by atoms with Crippen LogP contribution < -0.4 is 14.8 Å². The summed E-state index contributed by atoms with van der Waals surface area (Å²) in [4.78, 5) is 12.3. The quantitative estimate of drug-likeness (QED) is 0.783. The first-order valence-corrected chi connectivity index (χ1v) is 8.37. The Kier molecular flexibility index (Phi) is 6.67. The molecule has 4 nitrogen and oxygen atoms in total. The number of hydrogen-bond donors (Lipinski definition) is 1. The molecule has 0 aliphatic rings. The fourth-order valence-corrected chi connectivity index (χ4v) is 2.48. The number of aryl methyl sites for hydroxylation is 2. The lowest BCUT2D eigenvalue weighted by atomic mass is 10.1. The highest BCUT2D eigenvalue weighted by molar-refractivity contribution is 5.92. The maximum atomic E-state index is 12.3. The molecular weight excluding hydrogens is 302 g/mol. The number of amides is 1. The minimum absolute atomic E-state index is 0.0360. The number of hydrogen-bond acceptors (Lipinski definition) is 3. The second-order valence-corrected chi connectivity index (χ2v) is 5.56. The Morgan fingerprint density at radius 1 is 1.04 bits per heavy atom. The van der Waals surface area contributed by atoms with E-state index >= 15 is 0 Å². The molecule has 0 saturated carbocycles. The summed E-state index contributed by atoms with van der Waals surface area (Å²) in [5.41, 5.74) is 3.02. The van der Waals surface area contributed by atoms with Crippen molar-refractivity contribution in [3.8, 4) is 11.5 Å². The maximum Gasteiger partial charge on any atom is 0.224 e. The van der Waals surface area contributed by atoms with E-state index in [1.807, 2.05) is 38.1 Å². The Labute approximate surface area is 143 Å². The zero-order valence-corrected chi connectivity index (χ0v) is 14.6. The van der Waals surface area contributed by atoms with E-state index in [1.165, 1.54) is 11.1 Å². The van der Waals surface area contributed by atoms with Gasteiger partial charge >= 0.3 is 0 Å². The number of anilines is 1. The van der Waals surface area contributed by atoms with Gasteiger partial charge in [-0.25, -0.2) is 0 Å². The predicted molar refractivity (Wildman–Crippen MR) is 96.9 cm³/mol. The van der Waals surface area contributed by atoms with Crippen LogP contribution in [0.4, 0.5) is 5.69 Å². The second kappa shape index (κ2) is 8.96. The standard InChI is InChI=1S/C20H25NO3/c1-4-23-17-10-11-19(24-5-2)18(14-17)21-20(22)12-9-16-8-6-7-15(3)13-16/h6-8,10-11,13-14H,4-5,9,12H2,1-3H3,(H,21,22). The van der Waals surface area contributed by atoms with E-state index in [1.54, 1.807) is 6.07 Å². The zero-order chi connectivity index (χ0) is 17.4. The van der Waals surface area contributed by atoms with Crippen LogP contribution in [0.1, 0.15) is 31.4 Å². The Hall–Kier alpha value is -2.49. The van der Waals surface area contributed by atoms with E-state index in [0.29, 0.717) is 37.5 Å². The van der Waals surface area contributed by atoms with Crippen molar-refractivity contribution in [2.45, 2.75) is 33.6 Å². The van der Waals surface area contributed by atoms with Crippen molar-refractivity contribution in [1.82, 2.24) is 0 Å². The molecule has 1 amide bonds. The van der Waals surface area contributed by atoms with Crippen LogP contribution >= 0.6 is 0 Å². The molecule has 0 atom stereocenters. The van der Waals surface area contributed by atoms with Crippen LogP contribution in [0.3, 0.4) is 0 Å². The number of rotatable bonds is 8. The minimum atomic E-state index is -0.0360. The summed E-state index contributed by atoms with van der Waals surface area (Å²) in [5, 5.41) is 2.94. The van der Waals surface area contributed by atoms with Crippen molar-refractivity contribution in [2.24, 2.45) is 0 Å². The van der Waals surface area contributed by atoms with Crippen LogP contribution in [-0.2, 0) is 11.2 Å². The monoisotopic (exact) mass is 327 g/mol. The summed E-state index contributed by atoms with van der Waals surface area (Å²) in [7, 11) is 0. The number of benzene rings is 2. The first-order chi connectivity index (χ1) is 11.6. The minimum Gasteiger partial charge on any atom is -0.494 e. The van der Waals surface area contributed by atoms with Crippen LogP contribution in [0.25, 0.3) is 0 Å². The molecule has 24 heavy (non-hydrogen) atoms. The second-order valence-electron chi connectivity index (χ2n) is 5.56. The molecule has 0 saturated heterocycles. The third-order valence-electron chi connectivity index (χ3n) is 3.56. The third kappa shape index (κ3) is 5.30. The summed E-state index contributed by atoms with van der Waals surface area (Å²) in [6, 6.07) is 13.7. The molecule has 0 spiro atoms. The molecule has 128 valence electrons. The molecule has 0 unspecified atom stereocenters. The van der Waals surface area contributed by atoms with E-state index in [4.69, 9.17) is 9.47 Å². The molecule has 0 radical (unpaired) electrons. The Balaban J connectivity index is 2.02. The Bertz CT molecular complexity index is 682. The highest BCUT2D eigenvalue weighted by atomic mass is 16.5. The zero-order valence-electron chi connectivity index (χ0n) is 14.6. The van der Waals surface area contributed by atoms with Gasteiger partial charge in [-0.1, -0.05) is 29.8 Å². The molecule has 1 N–H and O–H groups in total. The molecule has 4 heteroatoms. The summed E-state index contributed by atoms with van der Waals surface area (Å²) < 4.78 is 11.1. The van der Waals surface area contributed by atoms with Crippen LogP contribution in [0.5, 0.6) is 11.5 Å². The van der Waals surface area contributed by atoms with Crippen LogP contribution in [0.15, 0.2) is 42.5 Å². The van der Waals surface area contributed by atoms with E-state index in [2.05, 4.69) is 24.4 Å². The SMILES string of the molecule is CCOc1ccc(OCC)c(NC(=O)CCc2cccc(C)c2)c1. The van der Waals surface area contributed by atoms with Gasteiger partial charge in [-0.05, 0) is 44.9 Å². The van der Waals surface area contributed by atoms with Crippen LogP contribution in [0, 0.1) is 6.92 Å². The van der Waals surface area contributed by atoms with Gasteiger partial charge in [-0.2, -0.15) is 0 Å². The Morgan fingerprint density at radius 2 is 1.83 bits per heavy atom. The van der Waals surface area contributed by atoms with Crippen molar-refractivity contribution in [3.05, 3.63) is 53.6 Å². The van der Waals surface area contributed by atoms with Crippen LogP contribution in [0.2, 0.25) is 0 Å². The van der Waals surface area contributed by atoms with Crippen molar-refractivity contribution in [3.63, 3.8) is 0 Å². The fraction of sp³-hybridized carbons (Fsp3) is 0.350. The molecule has 0 aliphatic heterocycles. The molecule has 2 rings (SSSR count). The Morgan fingerprint density at radius 3 is 2.54 bits per heavy atom. The topological polar surface area (TPSA) is 47.6 Å². The smallest absolute Gasteiger partial charge is 0.224 e. The average Bonchev–Trinajstić information content (AvgIpc) is 2.56. The molecule has 0 fully saturated rings. The highest BCUT2D eigenvalue weighted by Crippen LogP contribution is 2.29. The van der Waals surface area contributed by atoms with E-state index in [9.17, 15) is 4.79 Å². The summed E-state index contributed by atoms with van der Waals surface area (Å²) in [5.74, 6) is 1.34. The van der Waals surface area contributed by atoms with Crippen molar-refractivity contribution >= 4 is 11.6 Å². The van der Waals surface area contributed by atoms with Gasteiger partial charge in [0.1, 0.15) is 11.5 Å². The van der Waals surface area contributed by atoms with Gasteiger partial charge < -0.3 is 14.8 Å². The average molecular weight is 327 g/mol. The largest absolute Gasteiger partial charge is 0.494 e. The summed E-state index contributed by atoms with van der Waals surface area (Å²) in [6.45, 7) is 7.02. The van der Waals surface area contributed by atoms with Gasteiger partial charge in [0, 0.05) is 12.5 Å². The molecule has 2 aromatic carbocycles. The van der Waals surface area contributed by atoms with Gasteiger partial charge in [0.25, 0.3) is 0 Å². The summed E-state index contributed by atoms with van der Waals surface area (Å²) in [6.07, 6.45) is 1.14. The molecule has 0 aliphatic carbocycles. The molecule has 2 aromatic rings. The van der Waals surface area contributed by atoms with E-state index in [0.717, 1.165) is 5.75 Å². The van der Waals surface area contributed by atoms with Crippen molar-refractivity contribution in [2.75, 3.05) is 18.5 Å². The lowest BCUT2D eigenvalue weighted by molar-refractivity contribution is -0.116. The highest BCUT2D eigenvalue weighted by Gasteiger charge is 2.10. The van der Waals surface area contributed by atoms with Gasteiger partial charge in [-0.15, -0.1) is 0 Å². The van der Waals surface area contributed by atoms with Gasteiger partial charge in [0.05, 0.1) is 18.9 Å². The molecular formula is C20H25NO3. The normalized spacial score (nSPS) is 10.3. The van der Waals surface area contributed by atoms with E-state index < -0.39 is 0 Å². The van der Waals surface area contributed by atoms with Crippen molar-refractivity contribution < 1.29 is 14.3 Å². The molecule has 0 heterocycles. The van der Waals surface area contributed by atoms with Crippen molar-refractivity contribution in [1.29, 1.82) is 0 Å². The summed E-state index contributed by atoms with van der Waals surface area (Å²) >= 11 is 0. The predicted octanol–water partition coefficient (Wildman–Crippen LogP) is 4.36. The van der Waals surface area contributed by atoms with Crippen LogP contribution in [-0.4, -0.2) is 19.1 Å². The van der Waals surface area contributed by atoms with E-state index in [-0.39, 0.29) is 5.91 Å². The number of nitrogens with one attached hydrogen (secondary N) is 1. The maximum absolute atomic E-state index is 12.3. The lowest BCUT2D eigenvalue weighted by Gasteiger charge is -2.13. The molecule has 0 aromatic heterocycles. The van der Waals surface area contributed by atoms with Gasteiger partial charge in [-0.3, -0.25) is 4.79 Å². The number of carbonyl (C=O) groups is 1. The van der Waals surface area contributed by atoms with Gasteiger partial charge in [0.15, 0.2) is 0 Å². The lowest BCUT2D eigenvalue weighted by Crippen LogP contribution is -2.13. The first kappa shape index (κ1) is 17.9. The third-order valence-corrected chi connectivity index (χ3v) is 3.56. The fourth-order valence-electron chi connectivity index (χ4n) is 2.48. The number of ether oxygens (including phenoxy) is 2. The van der Waals surface area contributed by atoms with Gasteiger partial charge in [0.2, 0.25) is 5.91 Å². The number of carbonyl (C=O) groups excluding carboxylic acids is 1. The molecule has 0 bridgehead atoms.